The minimum atomic E-state index is 0.115. The Kier molecular flexibility index (Phi) is 6.44. The third kappa shape index (κ3) is 4.25. The smallest absolute Gasteiger partial charge is 0.257 e. The van der Waals surface area contributed by atoms with Crippen molar-refractivity contribution >= 4 is 17.7 Å². The van der Waals surface area contributed by atoms with Crippen LogP contribution in [0.2, 0.25) is 0 Å². The Balaban J connectivity index is 1.64. The summed E-state index contributed by atoms with van der Waals surface area (Å²) in [7, 11) is 0. The number of nitrogens with zero attached hydrogens (tertiary/aromatic N) is 2. The lowest BCUT2D eigenvalue weighted by atomic mass is 10.1. The zero-order valence-corrected chi connectivity index (χ0v) is 15.4. The first-order valence-electron chi connectivity index (χ1n) is 9.12. The molecule has 2 saturated heterocycles. The van der Waals surface area contributed by atoms with Crippen molar-refractivity contribution in [2.75, 3.05) is 44.3 Å². The van der Waals surface area contributed by atoms with Crippen LogP contribution in [0.5, 0.6) is 5.75 Å². The van der Waals surface area contributed by atoms with E-state index in [1.54, 1.807) is 0 Å². The van der Waals surface area contributed by atoms with Gasteiger partial charge in [-0.15, -0.1) is 0 Å². The van der Waals surface area contributed by atoms with E-state index in [2.05, 4.69) is 23.6 Å². The summed E-state index contributed by atoms with van der Waals surface area (Å²) in [5, 5.41) is 0. The van der Waals surface area contributed by atoms with Crippen LogP contribution in [0, 0.1) is 0 Å². The number of carbonyl (C=O) groups is 1. The zero-order chi connectivity index (χ0) is 16.8. The Morgan fingerprint density at radius 3 is 2.92 bits per heavy atom. The van der Waals surface area contributed by atoms with E-state index in [-0.39, 0.29) is 5.91 Å². The largest absolute Gasteiger partial charge is 0.493 e. The second-order valence-corrected chi connectivity index (χ2v) is 7.69. The zero-order valence-electron chi connectivity index (χ0n) is 14.6. The highest BCUT2D eigenvalue weighted by atomic mass is 32.2. The molecule has 5 heteroatoms. The van der Waals surface area contributed by atoms with Crippen molar-refractivity contribution in [2.24, 2.45) is 0 Å². The second-order valence-electron chi connectivity index (χ2n) is 6.54. The van der Waals surface area contributed by atoms with Crippen molar-refractivity contribution in [1.82, 2.24) is 9.80 Å². The summed E-state index contributed by atoms with van der Waals surface area (Å²) in [5.74, 6) is 3.37. The average Bonchev–Trinajstić information content (AvgIpc) is 3.04. The Morgan fingerprint density at radius 1 is 1.25 bits per heavy atom. The summed E-state index contributed by atoms with van der Waals surface area (Å²) < 4.78 is 5.77. The van der Waals surface area contributed by atoms with E-state index in [0.29, 0.717) is 18.2 Å². The van der Waals surface area contributed by atoms with Gasteiger partial charge in [0.2, 0.25) is 0 Å². The lowest BCUT2D eigenvalue weighted by Gasteiger charge is -2.27. The quantitative estimate of drug-likeness (QED) is 0.818. The number of carbonyl (C=O) groups excluding carboxylic acids is 1. The fraction of sp³-hybridized carbons (Fsp3) is 0.632. The van der Waals surface area contributed by atoms with Gasteiger partial charge in [0.1, 0.15) is 5.75 Å². The molecular formula is C19H28N2O2S. The lowest BCUT2D eigenvalue weighted by Crippen LogP contribution is -2.39. The summed E-state index contributed by atoms with van der Waals surface area (Å²) in [5.41, 5.74) is 0.704. The van der Waals surface area contributed by atoms with E-state index >= 15 is 0 Å². The van der Waals surface area contributed by atoms with Crippen LogP contribution in [0.15, 0.2) is 24.3 Å². The predicted molar refractivity (Wildman–Crippen MR) is 100 cm³/mol. The molecule has 0 bridgehead atoms. The molecule has 1 unspecified atom stereocenters. The average molecular weight is 349 g/mol. The molecule has 0 saturated carbocycles. The van der Waals surface area contributed by atoms with Crippen molar-refractivity contribution < 1.29 is 9.53 Å². The van der Waals surface area contributed by atoms with Gasteiger partial charge in [0, 0.05) is 38.0 Å². The predicted octanol–water partition coefficient (Wildman–Crippen LogP) is 3.13. The maximum Gasteiger partial charge on any atom is 0.257 e. The Morgan fingerprint density at radius 2 is 2.12 bits per heavy atom. The van der Waals surface area contributed by atoms with E-state index < -0.39 is 0 Å². The Bertz CT molecular complexity index is 546. The molecule has 0 aliphatic carbocycles. The highest BCUT2D eigenvalue weighted by molar-refractivity contribution is 7.99. The minimum Gasteiger partial charge on any atom is -0.493 e. The van der Waals surface area contributed by atoms with E-state index in [0.717, 1.165) is 44.8 Å². The number of benzene rings is 1. The number of hydrogen-bond donors (Lipinski definition) is 0. The summed E-state index contributed by atoms with van der Waals surface area (Å²) >= 11 is 2.06. The van der Waals surface area contributed by atoms with Crippen molar-refractivity contribution in [3.63, 3.8) is 0 Å². The van der Waals surface area contributed by atoms with Gasteiger partial charge < -0.3 is 9.64 Å². The molecule has 1 atom stereocenters. The van der Waals surface area contributed by atoms with Gasteiger partial charge in [0.25, 0.3) is 5.91 Å². The first-order valence-corrected chi connectivity index (χ1v) is 10.3. The minimum absolute atomic E-state index is 0.115. The highest BCUT2D eigenvalue weighted by Gasteiger charge is 2.27. The molecule has 3 rings (SSSR count). The van der Waals surface area contributed by atoms with Crippen LogP contribution in [0.3, 0.4) is 0 Å². The van der Waals surface area contributed by atoms with Gasteiger partial charge in [0.05, 0.1) is 12.2 Å². The van der Waals surface area contributed by atoms with Crippen LogP contribution in [-0.2, 0) is 0 Å². The maximum atomic E-state index is 13.0. The molecule has 2 fully saturated rings. The summed E-state index contributed by atoms with van der Waals surface area (Å²) in [6, 6.07) is 8.37. The van der Waals surface area contributed by atoms with Crippen LogP contribution in [0.25, 0.3) is 0 Å². The normalized spacial score (nSPS) is 22.4. The first-order chi connectivity index (χ1) is 11.8. The molecular weight excluding hydrogens is 320 g/mol. The molecule has 1 aromatic rings. The molecule has 132 valence electrons. The molecule has 1 amide bonds. The van der Waals surface area contributed by atoms with Gasteiger partial charge in [-0.25, -0.2) is 0 Å². The van der Waals surface area contributed by atoms with Crippen LogP contribution in [0.1, 0.15) is 36.5 Å². The third-order valence-electron chi connectivity index (χ3n) is 4.82. The Labute approximate surface area is 149 Å². The topological polar surface area (TPSA) is 32.8 Å². The molecule has 0 radical (unpaired) electrons. The molecule has 0 spiro atoms. The monoisotopic (exact) mass is 348 g/mol. The van der Waals surface area contributed by atoms with Crippen molar-refractivity contribution in [1.29, 1.82) is 0 Å². The number of thioether (sulfide) groups is 1. The second kappa shape index (κ2) is 8.77. The standard InChI is InChI=1S/C19H28N2O2S/c1-2-13-23-18-7-4-3-6-17(18)19(22)21-10-5-9-20(11-12-21)16-8-14-24-15-16/h3-4,6-7,16H,2,5,8-15H2,1H3. The van der Waals surface area contributed by atoms with Crippen molar-refractivity contribution in [3.8, 4) is 5.75 Å². The molecule has 0 N–H and O–H groups in total. The summed E-state index contributed by atoms with van der Waals surface area (Å²) in [6.07, 6.45) is 3.30. The number of ether oxygens (including phenoxy) is 1. The van der Waals surface area contributed by atoms with E-state index in [9.17, 15) is 4.79 Å². The fourth-order valence-electron chi connectivity index (χ4n) is 3.47. The summed E-state index contributed by atoms with van der Waals surface area (Å²) in [4.78, 5) is 17.6. The van der Waals surface area contributed by atoms with Crippen molar-refractivity contribution in [2.45, 2.75) is 32.2 Å². The van der Waals surface area contributed by atoms with E-state index in [1.807, 2.05) is 29.2 Å². The van der Waals surface area contributed by atoms with Crippen LogP contribution in [-0.4, -0.2) is 66.0 Å². The van der Waals surface area contributed by atoms with E-state index in [4.69, 9.17) is 4.74 Å². The molecule has 2 aliphatic heterocycles. The van der Waals surface area contributed by atoms with Gasteiger partial charge in [-0.2, -0.15) is 11.8 Å². The maximum absolute atomic E-state index is 13.0. The molecule has 24 heavy (non-hydrogen) atoms. The number of para-hydroxylation sites is 1. The number of hydrogen-bond acceptors (Lipinski definition) is 4. The lowest BCUT2D eigenvalue weighted by molar-refractivity contribution is 0.0754. The molecule has 4 nitrogen and oxygen atoms in total. The van der Waals surface area contributed by atoms with Crippen LogP contribution in [0.4, 0.5) is 0 Å². The van der Waals surface area contributed by atoms with Gasteiger partial charge >= 0.3 is 0 Å². The van der Waals surface area contributed by atoms with Gasteiger partial charge in [-0.3, -0.25) is 9.69 Å². The van der Waals surface area contributed by atoms with Gasteiger partial charge in [-0.1, -0.05) is 19.1 Å². The van der Waals surface area contributed by atoms with Crippen LogP contribution < -0.4 is 4.74 Å². The summed E-state index contributed by atoms with van der Waals surface area (Å²) in [6.45, 7) is 6.50. The number of rotatable bonds is 5. The molecule has 2 aliphatic rings. The fourth-order valence-corrected chi connectivity index (χ4v) is 4.72. The van der Waals surface area contributed by atoms with Crippen molar-refractivity contribution in [3.05, 3.63) is 29.8 Å². The van der Waals surface area contributed by atoms with Crippen LogP contribution >= 0.6 is 11.8 Å². The first kappa shape index (κ1) is 17.6. The third-order valence-corrected chi connectivity index (χ3v) is 5.96. The molecule has 1 aromatic carbocycles. The molecule has 0 aromatic heterocycles. The number of amides is 1. The molecule has 2 heterocycles. The van der Waals surface area contributed by atoms with E-state index in [1.165, 1.54) is 17.9 Å². The van der Waals surface area contributed by atoms with Gasteiger partial charge in [-0.05, 0) is 37.1 Å². The van der Waals surface area contributed by atoms with Gasteiger partial charge in [0.15, 0.2) is 0 Å². The highest BCUT2D eigenvalue weighted by Crippen LogP contribution is 2.24. The SMILES string of the molecule is CCCOc1ccccc1C(=O)N1CCCN(C2CCSC2)CC1. The Hall–Kier alpha value is -1.20.